The Balaban J connectivity index is 1.46. The second-order valence-corrected chi connectivity index (χ2v) is 9.75. The Bertz CT molecular complexity index is 2200. The number of halogens is 1. The van der Waals surface area contributed by atoms with Crippen molar-refractivity contribution in [1.82, 2.24) is 15.0 Å². The van der Waals surface area contributed by atoms with Crippen LogP contribution in [0.2, 0.25) is 5.02 Å². The Kier molecular flexibility index (Phi) is 4.81. The lowest BCUT2D eigenvalue weighted by atomic mass is 10.0. The van der Waals surface area contributed by atoms with Gasteiger partial charge in [-0.3, -0.25) is 0 Å². The molecule has 5 nitrogen and oxygen atoms in total. The zero-order chi connectivity index (χ0) is 25.9. The van der Waals surface area contributed by atoms with Crippen LogP contribution in [0, 0.1) is 0 Å². The number of hydrogen-bond donors (Lipinski definition) is 0. The van der Waals surface area contributed by atoms with Gasteiger partial charge < -0.3 is 8.83 Å². The van der Waals surface area contributed by atoms with Gasteiger partial charge in [0.1, 0.15) is 16.7 Å². The van der Waals surface area contributed by atoms with E-state index in [0.29, 0.717) is 28.1 Å². The molecule has 0 saturated heterocycles. The molecule has 0 radical (unpaired) electrons. The second kappa shape index (κ2) is 8.51. The summed E-state index contributed by atoms with van der Waals surface area (Å²) in [5.74, 6) is 1.71. The van der Waals surface area contributed by atoms with E-state index in [1.165, 1.54) is 0 Å². The molecule has 5 aromatic carbocycles. The Labute approximate surface area is 227 Å². The quantitative estimate of drug-likeness (QED) is 0.231. The molecule has 0 unspecified atom stereocenters. The number of hydrogen-bond acceptors (Lipinski definition) is 5. The number of para-hydroxylation sites is 2. The summed E-state index contributed by atoms with van der Waals surface area (Å²) in [5, 5.41) is 4.39. The van der Waals surface area contributed by atoms with Crippen LogP contribution in [0.4, 0.5) is 0 Å². The lowest BCUT2D eigenvalue weighted by Crippen LogP contribution is -2.00. The van der Waals surface area contributed by atoms with Crippen molar-refractivity contribution >= 4 is 55.5 Å². The van der Waals surface area contributed by atoms with Gasteiger partial charge in [-0.1, -0.05) is 96.5 Å². The van der Waals surface area contributed by atoms with Crippen LogP contribution in [-0.2, 0) is 0 Å². The number of nitrogens with zero attached hydrogens (tertiary/aromatic N) is 3. The molecule has 0 aliphatic rings. The molecule has 8 aromatic rings. The van der Waals surface area contributed by atoms with E-state index in [2.05, 4.69) is 6.07 Å². The lowest BCUT2D eigenvalue weighted by Gasteiger charge is -2.10. The first-order chi connectivity index (χ1) is 19.2. The lowest BCUT2D eigenvalue weighted by molar-refractivity contribution is 0.668. The van der Waals surface area contributed by atoms with Gasteiger partial charge in [-0.2, -0.15) is 0 Å². The minimum atomic E-state index is 0.553. The highest BCUT2D eigenvalue weighted by Gasteiger charge is 2.20. The van der Waals surface area contributed by atoms with Crippen molar-refractivity contribution in [1.29, 1.82) is 0 Å². The van der Waals surface area contributed by atoms with Gasteiger partial charge >= 0.3 is 0 Å². The Morgan fingerprint density at radius 3 is 1.79 bits per heavy atom. The van der Waals surface area contributed by atoms with Crippen LogP contribution in [0.5, 0.6) is 0 Å². The zero-order valence-corrected chi connectivity index (χ0v) is 21.2. The molecule has 0 aliphatic carbocycles. The fourth-order valence-corrected chi connectivity index (χ4v) is 5.51. The molecule has 0 amide bonds. The summed E-state index contributed by atoms with van der Waals surface area (Å²) in [4.78, 5) is 15.0. The first-order valence-corrected chi connectivity index (χ1v) is 12.9. The van der Waals surface area contributed by atoms with Crippen LogP contribution in [0.3, 0.4) is 0 Å². The summed E-state index contributed by atoms with van der Waals surface area (Å²) >= 11 is 6.49. The predicted molar refractivity (Wildman–Crippen MR) is 156 cm³/mol. The van der Waals surface area contributed by atoms with Crippen LogP contribution in [0.15, 0.2) is 118 Å². The molecule has 0 atom stereocenters. The highest BCUT2D eigenvalue weighted by molar-refractivity contribution is 6.36. The molecule has 0 saturated carbocycles. The molecule has 0 N–H and O–H groups in total. The third-order valence-corrected chi connectivity index (χ3v) is 7.32. The first-order valence-electron chi connectivity index (χ1n) is 12.6. The first kappa shape index (κ1) is 22.0. The molecule has 0 spiro atoms. The van der Waals surface area contributed by atoms with E-state index in [4.69, 9.17) is 35.4 Å². The summed E-state index contributed by atoms with van der Waals surface area (Å²) in [6.45, 7) is 0. The molecular weight excluding hydrogens is 506 g/mol. The maximum atomic E-state index is 6.49. The highest BCUT2D eigenvalue weighted by Crippen LogP contribution is 2.40. The Hall–Kier alpha value is -5.00. The van der Waals surface area contributed by atoms with Gasteiger partial charge in [0.25, 0.3) is 0 Å². The van der Waals surface area contributed by atoms with E-state index in [0.717, 1.165) is 55.0 Å². The van der Waals surface area contributed by atoms with E-state index < -0.39 is 0 Å². The van der Waals surface area contributed by atoms with Gasteiger partial charge in [0.15, 0.2) is 23.1 Å². The molecule has 3 heterocycles. The van der Waals surface area contributed by atoms with Crippen molar-refractivity contribution in [3.8, 4) is 34.2 Å². The standard InChI is InChI=1S/C33H18ClN3O2/c34-24-15-6-12-21-29-23(14-8-18-27(29)39-30(21)24)33-36-31(19-9-2-1-3-10-19)35-32(37-33)22-13-7-17-26-28(22)20-11-4-5-16-25(20)38-26/h1-18H. The van der Waals surface area contributed by atoms with Gasteiger partial charge in [-0.25, -0.2) is 15.0 Å². The molecule has 0 bridgehead atoms. The fourth-order valence-electron chi connectivity index (χ4n) is 5.29. The summed E-state index contributed by atoms with van der Waals surface area (Å²) in [6.07, 6.45) is 0. The summed E-state index contributed by atoms with van der Waals surface area (Å²) in [6, 6.07) is 35.6. The van der Waals surface area contributed by atoms with E-state index in [1.807, 2.05) is 103 Å². The maximum absolute atomic E-state index is 6.49. The van der Waals surface area contributed by atoms with Crippen molar-refractivity contribution in [2.75, 3.05) is 0 Å². The number of furan rings is 2. The minimum absolute atomic E-state index is 0.553. The zero-order valence-electron chi connectivity index (χ0n) is 20.4. The third kappa shape index (κ3) is 3.44. The van der Waals surface area contributed by atoms with Gasteiger partial charge in [0, 0.05) is 38.2 Å². The smallest absolute Gasteiger partial charge is 0.164 e. The van der Waals surface area contributed by atoms with E-state index in [9.17, 15) is 0 Å². The molecule has 8 rings (SSSR count). The SMILES string of the molecule is Clc1cccc2c1oc1cccc(-c3nc(-c4ccccc4)nc(-c4cccc5oc6ccccc6c45)n3)c12. The molecule has 6 heteroatoms. The average Bonchev–Trinajstić information content (AvgIpc) is 3.57. The fraction of sp³-hybridized carbons (Fsp3) is 0. The second-order valence-electron chi connectivity index (χ2n) is 9.35. The highest BCUT2D eigenvalue weighted by atomic mass is 35.5. The third-order valence-electron chi connectivity index (χ3n) is 7.03. The van der Waals surface area contributed by atoms with Gasteiger partial charge in [0.05, 0.1) is 5.02 Å². The minimum Gasteiger partial charge on any atom is -0.456 e. The van der Waals surface area contributed by atoms with Crippen LogP contribution in [-0.4, -0.2) is 15.0 Å². The van der Waals surface area contributed by atoms with Gasteiger partial charge in [-0.05, 0) is 24.3 Å². The number of benzene rings is 5. The molecule has 3 aromatic heterocycles. The average molecular weight is 524 g/mol. The van der Waals surface area contributed by atoms with Crippen molar-refractivity contribution in [2.24, 2.45) is 0 Å². The van der Waals surface area contributed by atoms with Crippen molar-refractivity contribution in [3.63, 3.8) is 0 Å². The molecule has 0 aliphatic heterocycles. The largest absolute Gasteiger partial charge is 0.456 e. The van der Waals surface area contributed by atoms with Crippen LogP contribution < -0.4 is 0 Å². The van der Waals surface area contributed by atoms with Crippen LogP contribution in [0.1, 0.15) is 0 Å². The summed E-state index contributed by atoms with van der Waals surface area (Å²) < 4.78 is 12.3. The van der Waals surface area contributed by atoms with E-state index >= 15 is 0 Å². The number of rotatable bonds is 3. The topological polar surface area (TPSA) is 65.0 Å². The molecule has 0 fully saturated rings. The van der Waals surface area contributed by atoms with Crippen LogP contribution >= 0.6 is 11.6 Å². The van der Waals surface area contributed by atoms with Crippen molar-refractivity contribution in [2.45, 2.75) is 0 Å². The number of aromatic nitrogens is 3. The van der Waals surface area contributed by atoms with Crippen molar-refractivity contribution < 1.29 is 8.83 Å². The van der Waals surface area contributed by atoms with Gasteiger partial charge in [0.2, 0.25) is 0 Å². The molecular formula is C33H18ClN3O2. The van der Waals surface area contributed by atoms with Crippen LogP contribution in [0.25, 0.3) is 78.0 Å². The molecule has 39 heavy (non-hydrogen) atoms. The Morgan fingerprint density at radius 2 is 1.03 bits per heavy atom. The van der Waals surface area contributed by atoms with Gasteiger partial charge in [-0.15, -0.1) is 0 Å². The number of fused-ring (bicyclic) bond motifs is 6. The summed E-state index contributed by atoms with van der Waals surface area (Å²) in [7, 11) is 0. The normalized spacial score (nSPS) is 11.7. The predicted octanol–water partition coefficient (Wildman–Crippen LogP) is 9.32. The van der Waals surface area contributed by atoms with E-state index in [-0.39, 0.29) is 0 Å². The molecule has 184 valence electrons. The monoisotopic (exact) mass is 523 g/mol. The summed E-state index contributed by atoms with van der Waals surface area (Å²) in [5.41, 5.74) is 5.61. The van der Waals surface area contributed by atoms with Crippen molar-refractivity contribution in [3.05, 3.63) is 114 Å². The van der Waals surface area contributed by atoms with E-state index in [1.54, 1.807) is 0 Å². The Morgan fingerprint density at radius 1 is 0.462 bits per heavy atom. The maximum Gasteiger partial charge on any atom is 0.164 e.